The predicted molar refractivity (Wildman–Crippen MR) is 118 cm³/mol. The third kappa shape index (κ3) is 5.15. The lowest BCUT2D eigenvalue weighted by Crippen LogP contribution is -2.36. The van der Waals surface area contributed by atoms with Gasteiger partial charge >= 0.3 is 0 Å². The zero-order valence-electron chi connectivity index (χ0n) is 17.2. The van der Waals surface area contributed by atoms with Crippen molar-refractivity contribution in [2.24, 2.45) is 0 Å². The van der Waals surface area contributed by atoms with Gasteiger partial charge in [-0.05, 0) is 56.6 Å². The first kappa shape index (κ1) is 22.4. The zero-order chi connectivity index (χ0) is 21.8. The Kier molecular flexibility index (Phi) is 7.03. The van der Waals surface area contributed by atoms with E-state index in [4.69, 9.17) is 4.74 Å². The van der Waals surface area contributed by atoms with Crippen molar-refractivity contribution in [2.75, 3.05) is 42.8 Å². The molecule has 1 saturated heterocycles. The van der Waals surface area contributed by atoms with Crippen LogP contribution in [0.3, 0.4) is 0 Å². The lowest BCUT2D eigenvalue weighted by molar-refractivity contribution is 0.205. The summed E-state index contributed by atoms with van der Waals surface area (Å²) in [6, 6.07) is 7.89. The van der Waals surface area contributed by atoms with Crippen molar-refractivity contribution < 1.29 is 21.9 Å². The van der Waals surface area contributed by atoms with Gasteiger partial charge in [0.15, 0.2) is 0 Å². The highest BCUT2D eigenvalue weighted by Gasteiger charge is 2.32. The molecule has 168 valence electrons. The molecule has 1 fully saturated rings. The van der Waals surface area contributed by atoms with Gasteiger partial charge in [-0.25, -0.2) is 17.2 Å². The minimum Gasteiger partial charge on any atom is -0.493 e. The molecule has 2 aromatic rings. The molecule has 2 aromatic carbocycles. The van der Waals surface area contributed by atoms with E-state index in [2.05, 4.69) is 4.90 Å². The molecule has 0 bridgehead atoms. The number of anilines is 1. The number of likely N-dealkylation sites (tertiary alicyclic amines) is 1. The quantitative estimate of drug-likeness (QED) is 0.559. The maximum absolute atomic E-state index is 14.2. The van der Waals surface area contributed by atoms with Crippen LogP contribution in [-0.4, -0.2) is 51.9 Å². The Hall–Kier alpha value is -1.84. The Balaban J connectivity index is 1.48. The molecule has 0 N–H and O–H groups in total. The topological polar surface area (TPSA) is 49.9 Å². The van der Waals surface area contributed by atoms with Crippen molar-refractivity contribution >= 4 is 27.5 Å². The summed E-state index contributed by atoms with van der Waals surface area (Å²) in [5.74, 6) is -0.777. The molecule has 0 spiro atoms. The van der Waals surface area contributed by atoms with Crippen LogP contribution in [-0.2, 0) is 10.0 Å². The molecular formula is C22H26F2N2O3S2. The summed E-state index contributed by atoms with van der Waals surface area (Å²) in [5.41, 5.74) is 0.466. The first-order valence-corrected chi connectivity index (χ1v) is 13.0. The van der Waals surface area contributed by atoms with Crippen molar-refractivity contribution in [2.45, 2.75) is 35.5 Å². The van der Waals surface area contributed by atoms with E-state index in [0.717, 1.165) is 43.1 Å². The van der Waals surface area contributed by atoms with Crippen molar-refractivity contribution in [3.05, 3.63) is 48.0 Å². The first-order chi connectivity index (χ1) is 14.9. The highest BCUT2D eigenvalue weighted by Crippen LogP contribution is 2.40. The Labute approximate surface area is 186 Å². The van der Waals surface area contributed by atoms with Gasteiger partial charge in [0.1, 0.15) is 22.3 Å². The molecule has 2 aliphatic heterocycles. The largest absolute Gasteiger partial charge is 0.493 e. The number of fused-ring (bicyclic) bond motifs is 1. The maximum atomic E-state index is 14.2. The third-order valence-corrected chi connectivity index (χ3v) is 8.44. The number of rotatable bonds is 7. The number of benzene rings is 2. The SMILES string of the molecule is O=S(=O)(c1ccc(F)cc1F)N1CCSc2ccc(OCCCN3CCCCC3)cc21. The van der Waals surface area contributed by atoms with Crippen molar-refractivity contribution in [3.8, 4) is 5.75 Å². The fraction of sp³-hybridized carbons (Fsp3) is 0.455. The van der Waals surface area contributed by atoms with E-state index in [0.29, 0.717) is 29.9 Å². The Bertz CT molecular complexity index is 1030. The fourth-order valence-electron chi connectivity index (χ4n) is 3.98. The monoisotopic (exact) mass is 468 g/mol. The van der Waals surface area contributed by atoms with E-state index in [9.17, 15) is 17.2 Å². The molecule has 9 heteroatoms. The van der Waals surface area contributed by atoms with Gasteiger partial charge in [-0.2, -0.15) is 0 Å². The van der Waals surface area contributed by atoms with Gasteiger partial charge in [-0.15, -0.1) is 11.8 Å². The van der Waals surface area contributed by atoms with Gasteiger partial charge in [0.25, 0.3) is 10.0 Å². The molecule has 0 saturated carbocycles. The standard InChI is InChI=1S/C22H26F2N2O3S2/c23-17-5-8-22(19(24)15-17)31(27,28)26-12-14-30-21-7-6-18(16-20(21)26)29-13-4-11-25-9-2-1-3-10-25/h5-8,15-16H,1-4,9-14H2. The van der Waals surface area contributed by atoms with Crippen LogP contribution in [0.15, 0.2) is 46.2 Å². The average molecular weight is 469 g/mol. The van der Waals surface area contributed by atoms with Gasteiger partial charge in [0.05, 0.1) is 12.3 Å². The second kappa shape index (κ2) is 9.75. The molecule has 2 heterocycles. The van der Waals surface area contributed by atoms with Crippen LogP contribution < -0.4 is 9.04 Å². The van der Waals surface area contributed by atoms with Crippen LogP contribution in [0.2, 0.25) is 0 Å². The molecule has 0 aromatic heterocycles. The molecule has 2 aliphatic rings. The molecule has 5 nitrogen and oxygen atoms in total. The maximum Gasteiger partial charge on any atom is 0.267 e. The summed E-state index contributed by atoms with van der Waals surface area (Å²) >= 11 is 1.54. The van der Waals surface area contributed by atoms with Crippen molar-refractivity contribution in [1.82, 2.24) is 4.90 Å². The number of hydrogen-bond acceptors (Lipinski definition) is 5. The van der Waals surface area contributed by atoms with E-state index >= 15 is 0 Å². The predicted octanol–water partition coefficient (Wildman–Crippen LogP) is 4.52. The minimum atomic E-state index is -4.16. The average Bonchev–Trinajstić information content (AvgIpc) is 2.76. The van der Waals surface area contributed by atoms with Gasteiger partial charge in [0, 0.05) is 35.9 Å². The van der Waals surface area contributed by atoms with Crippen LogP contribution in [0, 0.1) is 11.6 Å². The van der Waals surface area contributed by atoms with Crippen LogP contribution in [0.1, 0.15) is 25.7 Å². The Morgan fingerprint density at radius 2 is 1.81 bits per heavy atom. The molecule has 0 unspecified atom stereocenters. The van der Waals surface area contributed by atoms with Crippen molar-refractivity contribution in [1.29, 1.82) is 0 Å². The van der Waals surface area contributed by atoms with Crippen LogP contribution >= 0.6 is 11.8 Å². The van der Waals surface area contributed by atoms with E-state index in [1.165, 1.54) is 23.6 Å². The number of ether oxygens (including phenoxy) is 1. The normalized spacial score (nSPS) is 17.4. The molecule has 0 radical (unpaired) electrons. The molecule has 0 amide bonds. The number of nitrogens with zero attached hydrogens (tertiary/aromatic N) is 2. The number of piperidine rings is 1. The second-order valence-corrected chi connectivity index (χ2v) is 10.7. The molecule has 31 heavy (non-hydrogen) atoms. The van der Waals surface area contributed by atoms with Crippen LogP contribution in [0.5, 0.6) is 5.75 Å². The third-order valence-electron chi connectivity index (χ3n) is 5.55. The van der Waals surface area contributed by atoms with Gasteiger partial charge in [0.2, 0.25) is 0 Å². The second-order valence-electron chi connectivity index (χ2n) is 7.73. The number of hydrogen-bond donors (Lipinski definition) is 0. The fourth-order valence-corrected chi connectivity index (χ4v) is 6.65. The highest BCUT2D eigenvalue weighted by molar-refractivity contribution is 8.00. The number of sulfonamides is 1. The summed E-state index contributed by atoms with van der Waals surface area (Å²) in [6.07, 6.45) is 4.71. The molecule has 4 rings (SSSR count). The van der Waals surface area contributed by atoms with E-state index in [-0.39, 0.29) is 6.54 Å². The highest BCUT2D eigenvalue weighted by atomic mass is 32.2. The van der Waals surface area contributed by atoms with E-state index in [1.54, 1.807) is 17.8 Å². The van der Waals surface area contributed by atoms with E-state index < -0.39 is 26.6 Å². The summed E-state index contributed by atoms with van der Waals surface area (Å²) < 4.78 is 60.9. The zero-order valence-corrected chi connectivity index (χ0v) is 18.9. The summed E-state index contributed by atoms with van der Waals surface area (Å²) in [7, 11) is -4.16. The van der Waals surface area contributed by atoms with E-state index in [1.807, 2.05) is 12.1 Å². The Morgan fingerprint density at radius 3 is 2.58 bits per heavy atom. The number of halogens is 2. The molecular weight excluding hydrogens is 442 g/mol. The lowest BCUT2D eigenvalue weighted by Gasteiger charge is -2.30. The van der Waals surface area contributed by atoms with Crippen LogP contribution in [0.4, 0.5) is 14.5 Å². The lowest BCUT2D eigenvalue weighted by atomic mass is 10.1. The molecule has 0 atom stereocenters. The molecule has 0 aliphatic carbocycles. The summed E-state index contributed by atoms with van der Waals surface area (Å²) in [6.45, 7) is 4.02. The number of thioether (sulfide) groups is 1. The van der Waals surface area contributed by atoms with Gasteiger partial charge in [-0.3, -0.25) is 4.31 Å². The first-order valence-electron chi connectivity index (χ1n) is 10.5. The Morgan fingerprint density at radius 1 is 1.00 bits per heavy atom. The van der Waals surface area contributed by atoms with Gasteiger partial charge < -0.3 is 9.64 Å². The summed E-state index contributed by atoms with van der Waals surface area (Å²) in [5, 5.41) is 0. The van der Waals surface area contributed by atoms with Gasteiger partial charge in [-0.1, -0.05) is 6.42 Å². The van der Waals surface area contributed by atoms with Crippen LogP contribution in [0.25, 0.3) is 0 Å². The minimum absolute atomic E-state index is 0.204. The summed E-state index contributed by atoms with van der Waals surface area (Å²) in [4.78, 5) is 2.71. The van der Waals surface area contributed by atoms with Crippen molar-refractivity contribution in [3.63, 3.8) is 0 Å². The smallest absolute Gasteiger partial charge is 0.267 e.